The number of benzene rings is 2. The van der Waals surface area contributed by atoms with Crippen LogP contribution in [0, 0.1) is 5.82 Å². The Morgan fingerprint density at radius 2 is 1.93 bits per heavy atom. The summed E-state index contributed by atoms with van der Waals surface area (Å²) in [4.78, 5) is 20.7. The van der Waals surface area contributed by atoms with Crippen molar-refractivity contribution in [2.24, 2.45) is 0 Å². The van der Waals surface area contributed by atoms with Gasteiger partial charge in [-0.1, -0.05) is 46.6 Å². The maximum absolute atomic E-state index is 13.5. The van der Waals surface area contributed by atoms with Crippen molar-refractivity contribution in [2.45, 2.75) is 6.42 Å². The minimum atomic E-state index is -0.482. The first-order chi connectivity index (χ1) is 14.5. The molecule has 0 spiro atoms. The summed E-state index contributed by atoms with van der Waals surface area (Å²) in [6.45, 7) is 0. The molecule has 0 saturated carbocycles. The van der Waals surface area contributed by atoms with E-state index in [4.69, 9.17) is 27.7 Å². The van der Waals surface area contributed by atoms with Gasteiger partial charge in [0, 0.05) is 16.8 Å². The summed E-state index contributed by atoms with van der Waals surface area (Å²) in [5.41, 5.74) is 2.27. The molecule has 2 heterocycles. The van der Waals surface area contributed by atoms with Crippen LogP contribution < -0.4 is 5.32 Å². The van der Waals surface area contributed by atoms with Gasteiger partial charge in [-0.05, 0) is 35.9 Å². The number of aromatic nitrogens is 3. The van der Waals surface area contributed by atoms with E-state index in [1.54, 1.807) is 36.5 Å². The molecule has 2 aromatic heterocycles. The van der Waals surface area contributed by atoms with Crippen LogP contribution in [0.15, 0.2) is 65.6 Å². The van der Waals surface area contributed by atoms with Crippen LogP contribution in [0.3, 0.4) is 0 Å². The van der Waals surface area contributed by atoms with Gasteiger partial charge >= 0.3 is 0 Å². The lowest BCUT2D eigenvalue weighted by molar-refractivity contribution is -0.115. The molecule has 0 aliphatic carbocycles. The number of nitrogens with zero attached hydrogens (tertiary/aromatic N) is 3. The van der Waals surface area contributed by atoms with Gasteiger partial charge in [0.2, 0.25) is 11.8 Å². The minimum absolute atomic E-state index is 0.0379. The second kappa shape index (κ2) is 8.61. The highest BCUT2D eigenvalue weighted by atomic mass is 35.5. The van der Waals surface area contributed by atoms with Crippen LogP contribution in [-0.4, -0.2) is 21.0 Å². The lowest BCUT2D eigenvalue weighted by Gasteiger charge is -2.07. The molecule has 30 heavy (non-hydrogen) atoms. The van der Waals surface area contributed by atoms with E-state index in [-0.39, 0.29) is 23.2 Å². The molecule has 1 amide bonds. The molecular weight excluding hydrogens is 430 g/mol. The van der Waals surface area contributed by atoms with Crippen LogP contribution in [0.4, 0.5) is 10.3 Å². The Labute approximate surface area is 180 Å². The SMILES string of the molecule is O=C(Cc1ccccc1Cl)Nc1onc(-c2ccc(F)cc2Cl)c1-c1ccncn1. The maximum Gasteiger partial charge on any atom is 0.241 e. The summed E-state index contributed by atoms with van der Waals surface area (Å²) in [5, 5.41) is 7.38. The van der Waals surface area contributed by atoms with Crippen molar-refractivity contribution >= 4 is 35.0 Å². The van der Waals surface area contributed by atoms with Crippen LogP contribution in [0.2, 0.25) is 10.0 Å². The maximum atomic E-state index is 13.5. The van der Waals surface area contributed by atoms with Gasteiger partial charge in [-0.3, -0.25) is 10.1 Å². The molecule has 2 aromatic carbocycles. The number of rotatable bonds is 5. The van der Waals surface area contributed by atoms with Crippen molar-refractivity contribution in [1.82, 2.24) is 15.1 Å². The predicted octanol–water partition coefficient (Wildman–Crippen LogP) is 5.43. The molecule has 0 bridgehead atoms. The lowest BCUT2D eigenvalue weighted by atomic mass is 10.0. The molecule has 9 heteroatoms. The molecule has 0 aliphatic rings. The predicted molar refractivity (Wildman–Crippen MR) is 112 cm³/mol. The Morgan fingerprint density at radius 3 is 2.67 bits per heavy atom. The highest BCUT2D eigenvalue weighted by Gasteiger charge is 2.24. The Bertz CT molecular complexity index is 1210. The van der Waals surface area contributed by atoms with E-state index in [1.807, 2.05) is 0 Å². The monoisotopic (exact) mass is 442 g/mol. The summed E-state index contributed by atoms with van der Waals surface area (Å²) in [6.07, 6.45) is 2.94. The lowest BCUT2D eigenvalue weighted by Crippen LogP contribution is -2.14. The molecule has 1 N–H and O–H groups in total. The summed E-state index contributed by atoms with van der Waals surface area (Å²) in [6, 6.07) is 12.6. The van der Waals surface area contributed by atoms with Crippen LogP contribution in [0.25, 0.3) is 22.5 Å². The quantitative estimate of drug-likeness (QED) is 0.445. The Morgan fingerprint density at radius 1 is 1.10 bits per heavy atom. The number of hydrogen-bond acceptors (Lipinski definition) is 5. The molecule has 0 atom stereocenters. The van der Waals surface area contributed by atoms with Crippen molar-refractivity contribution in [2.75, 3.05) is 5.32 Å². The number of hydrogen-bond donors (Lipinski definition) is 1. The van der Waals surface area contributed by atoms with Gasteiger partial charge < -0.3 is 4.52 Å². The van der Waals surface area contributed by atoms with E-state index in [0.717, 1.165) is 0 Å². The standard InChI is InChI=1S/C21H13Cl2FN4O2/c22-15-4-2-1-3-12(15)9-18(29)27-21-19(17-7-8-25-11-26-17)20(28-30-21)14-6-5-13(24)10-16(14)23/h1-8,10-11H,9H2,(H,27,29). The van der Waals surface area contributed by atoms with E-state index in [9.17, 15) is 9.18 Å². The van der Waals surface area contributed by atoms with Gasteiger partial charge in [0.15, 0.2) is 0 Å². The normalized spacial score (nSPS) is 10.8. The van der Waals surface area contributed by atoms with Crippen molar-refractivity contribution in [3.63, 3.8) is 0 Å². The highest BCUT2D eigenvalue weighted by molar-refractivity contribution is 6.33. The van der Waals surface area contributed by atoms with Gasteiger partial charge in [0.05, 0.1) is 22.7 Å². The largest absolute Gasteiger partial charge is 0.337 e. The minimum Gasteiger partial charge on any atom is -0.337 e. The van der Waals surface area contributed by atoms with E-state index in [1.165, 1.54) is 24.5 Å². The average Bonchev–Trinajstić information content (AvgIpc) is 3.13. The third-order valence-electron chi connectivity index (χ3n) is 4.28. The van der Waals surface area contributed by atoms with Gasteiger partial charge in [-0.2, -0.15) is 0 Å². The smallest absolute Gasteiger partial charge is 0.241 e. The van der Waals surface area contributed by atoms with E-state index in [0.29, 0.717) is 33.1 Å². The molecule has 0 saturated heterocycles. The summed E-state index contributed by atoms with van der Waals surface area (Å²) < 4.78 is 18.9. The number of nitrogens with one attached hydrogen (secondary N) is 1. The van der Waals surface area contributed by atoms with Crippen LogP contribution in [0.1, 0.15) is 5.56 Å². The van der Waals surface area contributed by atoms with Crippen LogP contribution in [-0.2, 0) is 11.2 Å². The summed E-state index contributed by atoms with van der Waals surface area (Å²) in [7, 11) is 0. The third kappa shape index (κ3) is 4.17. The summed E-state index contributed by atoms with van der Waals surface area (Å²) in [5.74, 6) is -0.753. The topological polar surface area (TPSA) is 80.9 Å². The molecular formula is C21H13Cl2FN4O2. The van der Waals surface area contributed by atoms with Crippen molar-refractivity contribution in [1.29, 1.82) is 0 Å². The fraction of sp³-hybridized carbons (Fsp3) is 0.0476. The van der Waals surface area contributed by atoms with Crippen LogP contribution >= 0.6 is 23.2 Å². The van der Waals surface area contributed by atoms with Gasteiger partial charge in [0.25, 0.3) is 0 Å². The summed E-state index contributed by atoms with van der Waals surface area (Å²) >= 11 is 12.3. The molecule has 4 aromatic rings. The van der Waals surface area contributed by atoms with Crippen molar-refractivity contribution in [3.8, 4) is 22.5 Å². The number of amides is 1. The average molecular weight is 443 g/mol. The molecule has 0 fully saturated rings. The Balaban J connectivity index is 1.72. The van der Waals surface area contributed by atoms with Gasteiger partial charge in [0.1, 0.15) is 17.8 Å². The fourth-order valence-corrected chi connectivity index (χ4v) is 3.36. The number of halogens is 3. The van der Waals surface area contributed by atoms with Crippen molar-refractivity contribution < 1.29 is 13.7 Å². The van der Waals surface area contributed by atoms with E-state index in [2.05, 4.69) is 20.4 Å². The first-order valence-corrected chi connectivity index (χ1v) is 9.53. The first-order valence-electron chi connectivity index (χ1n) is 8.77. The van der Waals surface area contributed by atoms with E-state index < -0.39 is 5.82 Å². The third-order valence-corrected chi connectivity index (χ3v) is 4.96. The molecule has 0 aliphatic heterocycles. The number of carbonyl (C=O) groups excluding carboxylic acids is 1. The molecule has 0 unspecified atom stereocenters. The fourth-order valence-electron chi connectivity index (χ4n) is 2.90. The zero-order valence-corrected chi connectivity index (χ0v) is 16.8. The molecule has 6 nitrogen and oxygen atoms in total. The zero-order valence-electron chi connectivity index (χ0n) is 15.3. The van der Waals surface area contributed by atoms with E-state index >= 15 is 0 Å². The first kappa shape index (κ1) is 20.0. The second-order valence-electron chi connectivity index (χ2n) is 6.27. The van der Waals surface area contributed by atoms with Crippen LogP contribution in [0.5, 0.6) is 0 Å². The van der Waals surface area contributed by atoms with Crippen molar-refractivity contribution in [3.05, 3.63) is 82.5 Å². The molecule has 0 radical (unpaired) electrons. The second-order valence-corrected chi connectivity index (χ2v) is 7.08. The number of anilines is 1. The zero-order chi connectivity index (χ0) is 21.1. The molecule has 150 valence electrons. The Kier molecular flexibility index (Phi) is 5.74. The van der Waals surface area contributed by atoms with Gasteiger partial charge in [-0.25, -0.2) is 14.4 Å². The molecule has 4 rings (SSSR count). The Hall–Kier alpha value is -3.29. The highest BCUT2D eigenvalue weighted by Crippen LogP contribution is 2.39. The number of carbonyl (C=O) groups is 1. The van der Waals surface area contributed by atoms with Gasteiger partial charge in [-0.15, -0.1) is 0 Å².